The second kappa shape index (κ2) is 3.34. The monoisotopic (exact) mass is 216 g/mol. The third kappa shape index (κ3) is 1.10. The van der Waals surface area contributed by atoms with Crippen molar-refractivity contribution in [2.24, 2.45) is 0 Å². The Labute approximate surface area is 95.6 Å². The lowest BCUT2D eigenvalue weighted by Crippen LogP contribution is -2.46. The molecule has 0 amide bonds. The molecule has 1 aliphatic carbocycles. The molecule has 1 aliphatic heterocycles. The number of hydrogen-bond donors (Lipinski definition) is 0. The molecule has 0 unspecified atom stereocenters. The van der Waals surface area contributed by atoms with E-state index in [9.17, 15) is 4.79 Å². The van der Waals surface area contributed by atoms with Crippen LogP contribution in [0.2, 0.25) is 0 Å². The van der Waals surface area contributed by atoms with Crippen LogP contribution in [0.3, 0.4) is 0 Å². The third-order valence-corrected chi connectivity index (χ3v) is 4.14. The molecule has 1 saturated carbocycles. The van der Waals surface area contributed by atoms with Crippen LogP contribution in [-0.2, 0) is 10.2 Å². The molecule has 0 bridgehead atoms. The van der Waals surface area contributed by atoms with Gasteiger partial charge in [-0.05, 0) is 25.3 Å². The van der Waals surface area contributed by atoms with Gasteiger partial charge >= 0.3 is 0 Å². The molecule has 0 saturated heterocycles. The highest BCUT2D eigenvalue weighted by molar-refractivity contribution is 5.87. The maximum absolute atomic E-state index is 12.0. The SMILES string of the molecule is CC[C@]12CCCC(=O)[C@H]1Oc1ccccc12. The molecule has 0 N–H and O–H groups in total. The van der Waals surface area contributed by atoms with Crippen molar-refractivity contribution in [3.63, 3.8) is 0 Å². The van der Waals surface area contributed by atoms with Gasteiger partial charge in [0.05, 0.1) is 0 Å². The number of rotatable bonds is 1. The van der Waals surface area contributed by atoms with Crippen LogP contribution in [0.15, 0.2) is 24.3 Å². The van der Waals surface area contributed by atoms with E-state index in [-0.39, 0.29) is 17.3 Å². The van der Waals surface area contributed by atoms with Gasteiger partial charge in [-0.3, -0.25) is 4.79 Å². The summed E-state index contributed by atoms with van der Waals surface area (Å²) in [6, 6.07) is 8.13. The molecular formula is C14H16O2. The predicted octanol–water partition coefficient (Wildman–Crippen LogP) is 2.85. The van der Waals surface area contributed by atoms with Crippen molar-refractivity contribution in [2.45, 2.75) is 44.1 Å². The number of carbonyl (C=O) groups is 1. The highest BCUT2D eigenvalue weighted by Crippen LogP contribution is 2.50. The molecule has 0 spiro atoms. The van der Waals surface area contributed by atoms with Crippen molar-refractivity contribution in [2.75, 3.05) is 0 Å². The fourth-order valence-electron chi connectivity index (χ4n) is 3.26. The minimum absolute atomic E-state index is 0.0358. The lowest BCUT2D eigenvalue weighted by atomic mass is 9.66. The number of benzene rings is 1. The highest BCUT2D eigenvalue weighted by Gasteiger charge is 2.52. The van der Waals surface area contributed by atoms with Crippen molar-refractivity contribution < 1.29 is 9.53 Å². The molecule has 1 aromatic rings. The number of para-hydroxylation sites is 1. The summed E-state index contributed by atoms with van der Waals surface area (Å²) >= 11 is 0. The van der Waals surface area contributed by atoms with Crippen LogP contribution in [-0.4, -0.2) is 11.9 Å². The summed E-state index contributed by atoms with van der Waals surface area (Å²) in [5.74, 6) is 1.20. The molecule has 2 atom stereocenters. The second-order valence-electron chi connectivity index (χ2n) is 4.82. The lowest BCUT2D eigenvalue weighted by Gasteiger charge is -2.36. The van der Waals surface area contributed by atoms with Crippen LogP contribution in [0.1, 0.15) is 38.2 Å². The van der Waals surface area contributed by atoms with E-state index in [1.54, 1.807) is 0 Å². The Morgan fingerprint density at radius 1 is 1.44 bits per heavy atom. The molecule has 0 aromatic heterocycles. The van der Waals surface area contributed by atoms with Crippen LogP contribution < -0.4 is 4.74 Å². The van der Waals surface area contributed by atoms with E-state index in [2.05, 4.69) is 13.0 Å². The summed E-state index contributed by atoms with van der Waals surface area (Å²) in [6.45, 7) is 2.16. The van der Waals surface area contributed by atoms with Gasteiger partial charge in [0.1, 0.15) is 5.75 Å². The fourth-order valence-corrected chi connectivity index (χ4v) is 3.26. The van der Waals surface area contributed by atoms with Crippen molar-refractivity contribution >= 4 is 5.78 Å². The first kappa shape index (κ1) is 9.88. The molecule has 84 valence electrons. The van der Waals surface area contributed by atoms with E-state index >= 15 is 0 Å². The highest BCUT2D eigenvalue weighted by atomic mass is 16.5. The van der Waals surface area contributed by atoms with E-state index in [1.807, 2.05) is 18.2 Å². The Morgan fingerprint density at radius 3 is 3.06 bits per heavy atom. The second-order valence-corrected chi connectivity index (χ2v) is 4.82. The van der Waals surface area contributed by atoms with Crippen molar-refractivity contribution in [3.8, 4) is 5.75 Å². The summed E-state index contributed by atoms with van der Waals surface area (Å²) in [5.41, 5.74) is 1.21. The van der Waals surface area contributed by atoms with Crippen LogP contribution in [0.4, 0.5) is 0 Å². The minimum atomic E-state index is -0.219. The Balaban J connectivity index is 2.15. The van der Waals surface area contributed by atoms with E-state index in [0.29, 0.717) is 6.42 Å². The zero-order valence-electron chi connectivity index (χ0n) is 9.53. The molecular weight excluding hydrogens is 200 g/mol. The van der Waals surface area contributed by atoms with Gasteiger partial charge in [0.2, 0.25) is 0 Å². The standard InChI is InChI=1S/C14H16O2/c1-2-14-9-5-7-11(15)13(14)16-12-8-4-3-6-10(12)14/h3-4,6,8,13H,2,5,7,9H2,1H3/t13-,14-/m1/s1. The predicted molar refractivity (Wildman–Crippen MR) is 61.7 cm³/mol. The van der Waals surface area contributed by atoms with Gasteiger partial charge in [-0.15, -0.1) is 0 Å². The molecule has 1 fully saturated rings. The van der Waals surface area contributed by atoms with Gasteiger partial charge < -0.3 is 4.74 Å². The van der Waals surface area contributed by atoms with Gasteiger partial charge in [-0.2, -0.15) is 0 Å². The van der Waals surface area contributed by atoms with Crippen LogP contribution in [0.5, 0.6) is 5.75 Å². The van der Waals surface area contributed by atoms with Gasteiger partial charge in [0.25, 0.3) is 0 Å². The van der Waals surface area contributed by atoms with Gasteiger partial charge in [-0.25, -0.2) is 0 Å². The number of fused-ring (bicyclic) bond motifs is 3. The fraction of sp³-hybridized carbons (Fsp3) is 0.500. The molecule has 16 heavy (non-hydrogen) atoms. The Morgan fingerprint density at radius 2 is 2.25 bits per heavy atom. The molecule has 2 heteroatoms. The van der Waals surface area contributed by atoms with Gasteiger partial charge in [0.15, 0.2) is 11.9 Å². The Bertz CT molecular complexity index is 438. The molecule has 2 aliphatic rings. The number of carbonyl (C=O) groups excluding carboxylic acids is 1. The zero-order valence-corrected chi connectivity index (χ0v) is 9.53. The Hall–Kier alpha value is -1.31. The molecule has 1 heterocycles. The normalized spacial score (nSPS) is 31.8. The van der Waals surface area contributed by atoms with E-state index < -0.39 is 0 Å². The van der Waals surface area contributed by atoms with E-state index in [0.717, 1.165) is 25.0 Å². The smallest absolute Gasteiger partial charge is 0.174 e. The first-order valence-corrected chi connectivity index (χ1v) is 6.07. The van der Waals surface area contributed by atoms with Gasteiger partial charge in [-0.1, -0.05) is 25.1 Å². The van der Waals surface area contributed by atoms with Crippen molar-refractivity contribution in [1.29, 1.82) is 0 Å². The van der Waals surface area contributed by atoms with Crippen LogP contribution >= 0.6 is 0 Å². The third-order valence-electron chi connectivity index (χ3n) is 4.14. The summed E-state index contributed by atoms with van der Waals surface area (Å²) < 4.78 is 5.87. The Kier molecular flexibility index (Phi) is 2.06. The maximum Gasteiger partial charge on any atom is 0.174 e. The van der Waals surface area contributed by atoms with Gasteiger partial charge in [0, 0.05) is 17.4 Å². The van der Waals surface area contributed by atoms with Crippen molar-refractivity contribution in [3.05, 3.63) is 29.8 Å². The maximum atomic E-state index is 12.0. The average Bonchev–Trinajstić information content (AvgIpc) is 2.66. The minimum Gasteiger partial charge on any atom is -0.481 e. The van der Waals surface area contributed by atoms with E-state index in [4.69, 9.17) is 4.74 Å². The average molecular weight is 216 g/mol. The number of hydrogen-bond acceptors (Lipinski definition) is 2. The molecule has 2 nitrogen and oxygen atoms in total. The lowest BCUT2D eigenvalue weighted by molar-refractivity contribution is -0.130. The summed E-state index contributed by atoms with van der Waals surface area (Å²) in [5, 5.41) is 0. The zero-order chi connectivity index (χ0) is 11.2. The van der Waals surface area contributed by atoms with Crippen molar-refractivity contribution in [1.82, 2.24) is 0 Å². The van der Waals surface area contributed by atoms with Crippen LogP contribution in [0, 0.1) is 0 Å². The molecule has 1 aromatic carbocycles. The number of ether oxygens (including phenoxy) is 1. The summed E-state index contributed by atoms with van der Waals surface area (Å²) in [4.78, 5) is 12.0. The topological polar surface area (TPSA) is 26.3 Å². The molecule has 0 radical (unpaired) electrons. The number of ketones is 1. The largest absolute Gasteiger partial charge is 0.481 e. The summed E-state index contributed by atoms with van der Waals surface area (Å²) in [7, 11) is 0. The van der Waals surface area contributed by atoms with E-state index in [1.165, 1.54) is 5.56 Å². The quantitative estimate of drug-likeness (QED) is 0.721. The number of Topliss-reactive ketones (excluding diaryl/α,β-unsaturated/α-hetero) is 1. The summed E-state index contributed by atoms with van der Waals surface area (Å²) in [6.07, 6.45) is 3.53. The first-order chi connectivity index (χ1) is 7.78. The first-order valence-electron chi connectivity index (χ1n) is 6.07. The van der Waals surface area contributed by atoms with Crippen LogP contribution in [0.25, 0.3) is 0 Å². The molecule has 3 rings (SSSR count).